The summed E-state index contributed by atoms with van der Waals surface area (Å²) in [6.45, 7) is 3.00. The fourth-order valence-electron chi connectivity index (χ4n) is 3.34. The normalized spacial score (nSPS) is 19.1. The third kappa shape index (κ3) is 3.50. The van der Waals surface area contributed by atoms with Crippen LogP contribution in [0.15, 0.2) is 48.8 Å². The van der Waals surface area contributed by atoms with Crippen molar-refractivity contribution in [2.24, 2.45) is 0 Å². The van der Waals surface area contributed by atoms with Gasteiger partial charge in [-0.05, 0) is 18.2 Å². The lowest BCUT2D eigenvalue weighted by atomic mass is 10.0. The summed E-state index contributed by atoms with van der Waals surface area (Å²) < 4.78 is 11.5. The van der Waals surface area contributed by atoms with Crippen LogP contribution in [0.1, 0.15) is 23.2 Å². The number of hydrogen-bond acceptors (Lipinski definition) is 5. The lowest BCUT2D eigenvalue weighted by Gasteiger charge is -2.38. The van der Waals surface area contributed by atoms with E-state index in [-0.39, 0.29) is 5.91 Å². The molecule has 0 radical (unpaired) electrons. The molecule has 1 amide bonds. The number of carbonyl (C=O) groups is 1. The molecule has 0 saturated carbocycles. The van der Waals surface area contributed by atoms with E-state index in [1.54, 1.807) is 12.4 Å². The Bertz CT molecular complexity index is 735. The molecule has 25 heavy (non-hydrogen) atoms. The summed E-state index contributed by atoms with van der Waals surface area (Å²) in [5.74, 6) is -0.553. The Morgan fingerprint density at radius 1 is 1.08 bits per heavy atom. The SMILES string of the molecule is O=C(Nc1ccccc1)c1cncc(N2CCC3(CC2)OCCO3)c1. The van der Waals surface area contributed by atoms with Crippen molar-refractivity contribution in [3.05, 3.63) is 54.4 Å². The molecule has 1 aromatic carbocycles. The molecule has 4 rings (SSSR count). The maximum absolute atomic E-state index is 12.4. The van der Waals surface area contributed by atoms with Gasteiger partial charge in [-0.2, -0.15) is 0 Å². The van der Waals surface area contributed by atoms with Gasteiger partial charge in [0.2, 0.25) is 0 Å². The highest BCUT2D eigenvalue weighted by Crippen LogP contribution is 2.33. The topological polar surface area (TPSA) is 63.7 Å². The third-order valence-electron chi connectivity index (χ3n) is 4.72. The van der Waals surface area contributed by atoms with Gasteiger partial charge >= 0.3 is 0 Å². The van der Waals surface area contributed by atoms with Gasteiger partial charge in [-0.3, -0.25) is 9.78 Å². The summed E-state index contributed by atoms with van der Waals surface area (Å²) in [5.41, 5.74) is 2.27. The van der Waals surface area contributed by atoms with Crippen molar-refractivity contribution < 1.29 is 14.3 Å². The minimum Gasteiger partial charge on any atom is -0.370 e. The van der Waals surface area contributed by atoms with Gasteiger partial charge in [0, 0.05) is 37.8 Å². The van der Waals surface area contributed by atoms with Crippen molar-refractivity contribution in [3.63, 3.8) is 0 Å². The third-order valence-corrected chi connectivity index (χ3v) is 4.72. The number of amides is 1. The number of piperidine rings is 1. The molecule has 2 aromatic rings. The summed E-state index contributed by atoms with van der Waals surface area (Å²) in [7, 11) is 0. The summed E-state index contributed by atoms with van der Waals surface area (Å²) in [6.07, 6.45) is 5.05. The Morgan fingerprint density at radius 2 is 1.80 bits per heavy atom. The second kappa shape index (κ2) is 6.82. The number of hydrogen-bond donors (Lipinski definition) is 1. The zero-order valence-corrected chi connectivity index (χ0v) is 14.0. The van der Waals surface area contributed by atoms with Gasteiger partial charge < -0.3 is 19.7 Å². The van der Waals surface area contributed by atoms with Crippen LogP contribution in [-0.2, 0) is 9.47 Å². The molecule has 2 fully saturated rings. The lowest BCUT2D eigenvalue weighted by molar-refractivity contribution is -0.169. The van der Waals surface area contributed by atoms with Gasteiger partial charge in [0.25, 0.3) is 5.91 Å². The predicted octanol–water partition coefficient (Wildman–Crippen LogP) is 2.68. The average molecular weight is 339 g/mol. The van der Waals surface area contributed by atoms with Gasteiger partial charge in [0.1, 0.15) is 0 Å². The van der Waals surface area contributed by atoms with E-state index in [0.29, 0.717) is 18.8 Å². The van der Waals surface area contributed by atoms with E-state index in [9.17, 15) is 4.79 Å². The molecule has 6 nitrogen and oxygen atoms in total. The highest BCUT2D eigenvalue weighted by atomic mass is 16.7. The number of carbonyl (C=O) groups excluding carboxylic acids is 1. The number of rotatable bonds is 3. The second-order valence-electron chi connectivity index (χ2n) is 6.35. The van der Waals surface area contributed by atoms with Crippen molar-refractivity contribution in [3.8, 4) is 0 Å². The molecule has 130 valence electrons. The van der Waals surface area contributed by atoms with Crippen LogP contribution in [0.5, 0.6) is 0 Å². The molecule has 1 spiro atoms. The molecule has 3 heterocycles. The van der Waals surface area contributed by atoms with Crippen LogP contribution in [0, 0.1) is 0 Å². The molecule has 2 aliphatic rings. The zero-order chi connectivity index (χ0) is 17.1. The van der Waals surface area contributed by atoms with Gasteiger partial charge in [-0.15, -0.1) is 0 Å². The van der Waals surface area contributed by atoms with Gasteiger partial charge in [0.15, 0.2) is 5.79 Å². The highest BCUT2D eigenvalue weighted by molar-refractivity contribution is 6.04. The van der Waals surface area contributed by atoms with E-state index in [1.807, 2.05) is 36.4 Å². The molecule has 2 aliphatic heterocycles. The Kier molecular flexibility index (Phi) is 4.38. The smallest absolute Gasteiger partial charge is 0.257 e. The number of benzene rings is 1. The van der Waals surface area contributed by atoms with Gasteiger partial charge in [-0.1, -0.05) is 18.2 Å². The molecular weight excluding hydrogens is 318 g/mol. The van der Waals surface area contributed by atoms with E-state index < -0.39 is 5.79 Å². The largest absolute Gasteiger partial charge is 0.370 e. The summed E-state index contributed by atoms with van der Waals surface area (Å²) in [4.78, 5) is 18.9. The molecule has 0 atom stereocenters. The first-order valence-corrected chi connectivity index (χ1v) is 8.58. The molecule has 2 saturated heterocycles. The number of nitrogens with one attached hydrogen (secondary N) is 1. The Morgan fingerprint density at radius 3 is 2.52 bits per heavy atom. The van der Waals surface area contributed by atoms with Crippen LogP contribution >= 0.6 is 0 Å². The number of ether oxygens (including phenoxy) is 2. The number of nitrogens with zero attached hydrogens (tertiary/aromatic N) is 2. The quantitative estimate of drug-likeness (QED) is 0.931. The van der Waals surface area contributed by atoms with E-state index >= 15 is 0 Å². The Hall–Kier alpha value is -2.44. The maximum atomic E-state index is 12.4. The monoisotopic (exact) mass is 339 g/mol. The molecule has 6 heteroatoms. The first-order chi connectivity index (χ1) is 12.2. The minimum atomic E-state index is -0.397. The van der Waals surface area contributed by atoms with E-state index in [0.717, 1.165) is 37.3 Å². The minimum absolute atomic E-state index is 0.156. The predicted molar refractivity (Wildman–Crippen MR) is 94.7 cm³/mol. The number of aromatic nitrogens is 1. The van der Waals surface area contributed by atoms with Crippen LogP contribution in [0.3, 0.4) is 0 Å². The van der Waals surface area contributed by atoms with Gasteiger partial charge in [0.05, 0.1) is 30.7 Å². The van der Waals surface area contributed by atoms with Crippen LogP contribution in [0.4, 0.5) is 11.4 Å². The Balaban J connectivity index is 1.44. The average Bonchev–Trinajstić information content (AvgIpc) is 3.11. The highest BCUT2D eigenvalue weighted by Gasteiger charge is 2.39. The molecule has 0 aliphatic carbocycles. The van der Waals surface area contributed by atoms with E-state index in [2.05, 4.69) is 15.2 Å². The van der Waals surface area contributed by atoms with Crippen molar-refractivity contribution in [1.29, 1.82) is 0 Å². The fraction of sp³-hybridized carbons (Fsp3) is 0.368. The number of pyridine rings is 1. The first-order valence-electron chi connectivity index (χ1n) is 8.58. The maximum Gasteiger partial charge on any atom is 0.257 e. The van der Waals surface area contributed by atoms with Crippen molar-refractivity contribution in [2.45, 2.75) is 18.6 Å². The molecule has 1 N–H and O–H groups in total. The fourth-order valence-corrected chi connectivity index (χ4v) is 3.34. The first kappa shape index (κ1) is 16.1. The zero-order valence-electron chi connectivity index (χ0n) is 14.0. The molecular formula is C19H21N3O3. The van der Waals surface area contributed by atoms with Crippen molar-refractivity contribution >= 4 is 17.3 Å². The summed E-state index contributed by atoms with van der Waals surface area (Å²) >= 11 is 0. The summed E-state index contributed by atoms with van der Waals surface area (Å²) in [6, 6.07) is 11.3. The van der Waals surface area contributed by atoms with E-state index in [1.165, 1.54) is 0 Å². The summed E-state index contributed by atoms with van der Waals surface area (Å²) in [5, 5.41) is 2.89. The lowest BCUT2D eigenvalue weighted by Crippen LogP contribution is -2.45. The van der Waals surface area contributed by atoms with E-state index in [4.69, 9.17) is 9.47 Å². The van der Waals surface area contributed by atoms with Crippen molar-refractivity contribution in [1.82, 2.24) is 4.98 Å². The van der Waals surface area contributed by atoms with Gasteiger partial charge in [-0.25, -0.2) is 0 Å². The standard InChI is InChI=1S/C19H21N3O3/c23-18(21-16-4-2-1-3-5-16)15-12-17(14-20-13-15)22-8-6-19(7-9-22)24-10-11-25-19/h1-5,12-14H,6-11H2,(H,21,23). The second-order valence-corrected chi connectivity index (χ2v) is 6.35. The number of para-hydroxylation sites is 1. The number of anilines is 2. The van der Waals surface area contributed by atoms with Crippen LogP contribution in [-0.4, -0.2) is 43.0 Å². The van der Waals surface area contributed by atoms with Crippen LogP contribution in [0.25, 0.3) is 0 Å². The van der Waals surface area contributed by atoms with Crippen molar-refractivity contribution in [2.75, 3.05) is 36.5 Å². The van der Waals surface area contributed by atoms with Crippen LogP contribution in [0.2, 0.25) is 0 Å². The molecule has 0 unspecified atom stereocenters. The molecule has 1 aromatic heterocycles. The Labute approximate surface area is 146 Å². The molecule has 0 bridgehead atoms. The van der Waals surface area contributed by atoms with Crippen LogP contribution < -0.4 is 10.2 Å².